The van der Waals surface area contributed by atoms with Crippen molar-refractivity contribution in [2.45, 2.75) is 37.5 Å². The van der Waals surface area contributed by atoms with Gasteiger partial charge in [0, 0.05) is 38.3 Å². The van der Waals surface area contributed by atoms with Gasteiger partial charge in [0.2, 0.25) is 0 Å². The largest absolute Gasteiger partial charge is 0.309 e. The van der Waals surface area contributed by atoms with E-state index in [-0.39, 0.29) is 5.41 Å². The third-order valence-electron chi connectivity index (χ3n) is 13.3. The summed E-state index contributed by atoms with van der Waals surface area (Å²) in [4.78, 5) is 0. The average molecular weight is 617 g/mol. The van der Waals surface area contributed by atoms with Crippen LogP contribution in [0.4, 0.5) is 0 Å². The van der Waals surface area contributed by atoms with Crippen molar-refractivity contribution in [2.24, 2.45) is 23.7 Å². The van der Waals surface area contributed by atoms with Crippen LogP contribution in [-0.2, 0) is 5.41 Å². The lowest BCUT2D eigenvalue weighted by Gasteiger charge is -2.61. The Labute approximate surface area is 280 Å². The Kier molecular flexibility index (Phi) is 4.91. The molecule has 13 rings (SSSR count). The number of hydrogen-bond acceptors (Lipinski definition) is 0. The van der Waals surface area contributed by atoms with Crippen LogP contribution in [-0.4, -0.2) is 9.13 Å². The monoisotopic (exact) mass is 616 g/mol. The zero-order valence-corrected chi connectivity index (χ0v) is 26.9. The summed E-state index contributed by atoms with van der Waals surface area (Å²) in [5, 5.41) is 5.29. The number of hydrogen-bond donors (Lipinski definition) is 0. The van der Waals surface area contributed by atoms with Gasteiger partial charge in [0.25, 0.3) is 0 Å². The number of rotatable bonds is 2. The molecule has 0 atom stereocenters. The van der Waals surface area contributed by atoms with Gasteiger partial charge in [-0.1, -0.05) is 84.9 Å². The molecule has 2 nitrogen and oxygen atoms in total. The molecule has 2 heteroatoms. The minimum absolute atomic E-state index is 0.199. The van der Waals surface area contributed by atoms with Crippen molar-refractivity contribution in [3.8, 4) is 22.5 Å². The lowest BCUT2D eigenvalue weighted by molar-refractivity contribution is -0.0399. The first-order chi connectivity index (χ1) is 23.8. The van der Waals surface area contributed by atoms with Gasteiger partial charge in [-0.3, -0.25) is 0 Å². The summed E-state index contributed by atoms with van der Waals surface area (Å²) in [6, 6.07) is 50.6. The minimum Gasteiger partial charge on any atom is -0.309 e. The van der Waals surface area contributed by atoms with E-state index in [0.29, 0.717) is 0 Å². The van der Waals surface area contributed by atoms with Crippen molar-refractivity contribution in [1.82, 2.24) is 9.13 Å². The van der Waals surface area contributed by atoms with E-state index in [2.05, 4.69) is 143 Å². The summed E-state index contributed by atoms with van der Waals surface area (Å²) in [7, 11) is 0. The van der Waals surface area contributed by atoms with E-state index in [0.717, 1.165) is 23.7 Å². The van der Waals surface area contributed by atoms with Crippen molar-refractivity contribution in [3.63, 3.8) is 0 Å². The number of benzene rings is 6. The standard InChI is InChI=1S/C46H36N2/c1-2-10-32(11-3-1)47-40-16-8-5-13-35(40)44-42(47)20-21-43-45(44)36-14-6-9-17-41(36)48(43)33-18-19-39-37(27-33)34-12-4-7-15-38(34)46(39)30-23-28-22-29(25-30)26-31(46)24-28/h1-21,27-31H,22-26H2. The van der Waals surface area contributed by atoms with Gasteiger partial charge in [-0.15, -0.1) is 0 Å². The first-order valence-corrected chi connectivity index (χ1v) is 18.0. The maximum absolute atomic E-state index is 2.56. The Morgan fingerprint density at radius 3 is 1.62 bits per heavy atom. The van der Waals surface area contributed by atoms with Gasteiger partial charge in [-0.05, 0) is 127 Å². The molecule has 0 saturated heterocycles. The molecule has 0 aliphatic heterocycles. The molecule has 48 heavy (non-hydrogen) atoms. The van der Waals surface area contributed by atoms with E-state index in [9.17, 15) is 0 Å². The molecule has 0 unspecified atom stereocenters. The molecule has 6 aromatic carbocycles. The minimum atomic E-state index is 0.199. The van der Waals surface area contributed by atoms with Crippen LogP contribution in [0.3, 0.4) is 0 Å². The molecule has 4 saturated carbocycles. The van der Waals surface area contributed by atoms with Crippen molar-refractivity contribution >= 4 is 43.6 Å². The summed E-state index contributed by atoms with van der Waals surface area (Å²) in [6.45, 7) is 0. The van der Waals surface area contributed by atoms with Gasteiger partial charge in [-0.2, -0.15) is 0 Å². The molecule has 4 bridgehead atoms. The van der Waals surface area contributed by atoms with Crippen LogP contribution in [0.2, 0.25) is 0 Å². The highest BCUT2D eigenvalue weighted by Crippen LogP contribution is 2.69. The van der Waals surface area contributed by atoms with Gasteiger partial charge >= 0.3 is 0 Å². The van der Waals surface area contributed by atoms with E-state index in [1.807, 2.05) is 0 Å². The van der Waals surface area contributed by atoms with Crippen LogP contribution < -0.4 is 0 Å². The highest BCUT2D eigenvalue weighted by Gasteiger charge is 2.61. The van der Waals surface area contributed by atoms with E-state index in [1.165, 1.54) is 98.2 Å². The molecule has 230 valence electrons. The Hall–Kier alpha value is -5.08. The van der Waals surface area contributed by atoms with Crippen LogP contribution in [0.25, 0.3) is 66.1 Å². The van der Waals surface area contributed by atoms with Gasteiger partial charge in [0.1, 0.15) is 0 Å². The fourth-order valence-electron chi connectivity index (χ4n) is 11.9. The van der Waals surface area contributed by atoms with Crippen molar-refractivity contribution in [3.05, 3.63) is 145 Å². The lowest BCUT2D eigenvalue weighted by Crippen LogP contribution is -2.55. The number of aromatic nitrogens is 2. The fourth-order valence-corrected chi connectivity index (χ4v) is 11.9. The van der Waals surface area contributed by atoms with Crippen LogP contribution in [0, 0.1) is 23.7 Å². The van der Waals surface area contributed by atoms with E-state index in [1.54, 1.807) is 11.1 Å². The lowest BCUT2D eigenvalue weighted by atomic mass is 9.43. The molecule has 8 aromatic rings. The topological polar surface area (TPSA) is 9.86 Å². The second-order valence-electron chi connectivity index (χ2n) is 15.3. The highest BCUT2D eigenvalue weighted by molar-refractivity contribution is 6.28. The van der Waals surface area contributed by atoms with Gasteiger partial charge in [0.05, 0.1) is 22.1 Å². The van der Waals surface area contributed by atoms with E-state index in [4.69, 9.17) is 0 Å². The maximum atomic E-state index is 2.56. The van der Waals surface area contributed by atoms with Crippen LogP contribution in [0.5, 0.6) is 0 Å². The predicted molar refractivity (Wildman–Crippen MR) is 198 cm³/mol. The molecule has 0 amide bonds. The first-order valence-electron chi connectivity index (χ1n) is 18.0. The molecular weight excluding hydrogens is 581 g/mol. The zero-order chi connectivity index (χ0) is 31.1. The molecule has 5 aliphatic rings. The predicted octanol–water partition coefficient (Wildman–Crippen LogP) is 11.6. The Bertz CT molecular complexity index is 2610. The van der Waals surface area contributed by atoms with Crippen LogP contribution in [0.1, 0.15) is 43.2 Å². The second-order valence-corrected chi connectivity index (χ2v) is 15.3. The molecule has 0 radical (unpaired) electrons. The normalized spacial score (nSPS) is 25.2. The maximum Gasteiger partial charge on any atom is 0.0548 e. The summed E-state index contributed by atoms with van der Waals surface area (Å²) in [6.07, 6.45) is 7.16. The fraction of sp³-hybridized carbons (Fsp3) is 0.217. The van der Waals surface area contributed by atoms with Crippen molar-refractivity contribution in [1.29, 1.82) is 0 Å². The Morgan fingerprint density at radius 1 is 0.417 bits per heavy atom. The van der Waals surface area contributed by atoms with Crippen molar-refractivity contribution < 1.29 is 0 Å². The molecule has 1 spiro atoms. The summed E-state index contributed by atoms with van der Waals surface area (Å²) < 4.78 is 4.98. The SMILES string of the molecule is c1ccc(-n2c3ccccc3c3c4c5ccccc5n(-c5ccc6c(c5)-c5ccccc5C65C6CC7CC(C6)CC5C7)c4ccc32)cc1. The molecule has 5 aliphatic carbocycles. The molecule has 0 N–H and O–H groups in total. The quantitative estimate of drug-likeness (QED) is 0.183. The smallest absolute Gasteiger partial charge is 0.0548 e. The molecule has 4 fully saturated rings. The van der Waals surface area contributed by atoms with E-state index >= 15 is 0 Å². The number of nitrogens with zero attached hydrogens (tertiary/aromatic N) is 2. The highest BCUT2D eigenvalue weighted by atomic mass is 15.0. The second kappa shape index (κ2) is 9.08. The summed E-state index contributed by atoms with van der Waals surface area (Å²) in [5.74, 6) is 3.47. The van der Waals surface area contributed by atoms with Crippen LogP contribution >= 0.6 is 0 Å². The first kappa shape index (κ1) is 25.9. The number of fused-ring (bicyclic) bond motifs is 10. The number of para-hydroxylation sites is 3. The summed E-state index contributed by atoms with van der Waals surface area (Å²) >= 11 is 0. The Balaban J connectivity index is 1.14. The zero-order valence-electron chi connectivity index (χ0n) is 26.9. The Morgan fingerprint density at radius 2 is 0.958 bits per heavy atom. The van der Waals surface area contributed by atoms with Gasteiger partial charge in [0.15, 0.2) is 0 Å². The summed E-state index contributed by atoms with van der Waals surface area (Å²) in [5.41, 5.74) is 13.9. The third kappa shape index (κ3) is 3.06. The van der Waals surface area contributed by atoms with Gasteiger partial charge in [-0.25, -0.2) is 0 Å². The van der Waals surface area contributed by atoms with E-state index < -0.39 is 0 Å². The van der Waals surface area contributed by atoms with Crippen LogP contribution in [0.15, 0.2) is 133 Å². The molecule has 2 aromatic heterocycles. The molecule has 2 heterocycles. The molecular formula is C46H36N2. The average Bonchev–Trinajstić information content (AvgIpc) is 3.75. The third-order valence-corrected chi connectivity index (χ3v) is 13.3. The van der Waals surface area contributed by atoms with Gasteiger partial charge < -0.3 is 9.13 Å². The van der Waals surface area contributed by atoms with Crippen molar-refractivity contribution in [2.75, 3.05) is 0 Å².